The molecule has 0 heterocycles. The molecule has 0 aromatic heterocycles. The molecule has 0 bridgehead atoms. The molecule has 0 aromatic carbocycles. The van der Waals surface area contributed by atoms with Crippen molar-refractivity contribution in [2.24, 2.45) is 0 Å². The molecule has 0 atom stereocenters. The van der Waals surface area contributed by atoms with E-state index in [9.17, 15) is 8.42 Å². The van der Waals surface area contributed by atoms with E-state index in [2.05, 4.69) is 17.9 Å². The molecule has 0 radical (unpaired) electrons. The number of thiol groups is 1. The lowest BCUT2D eigenvalue weighted by Gasteiger charge is -1.99. The molecule has 3 nitrogen and oxygen atoms in total. The first-order valence-electron chi connectivity index (χ1n) is 3.05. The predicted molar refractivity (Wildman–Crippen MR) is 46.4 cm³/mol. The van der Waals surface area contributed by atoms with E-state index >= 15 is 0 Å². The molecule has 0 spiro atoms. The molecule has 0 amide bonds. The standard InChI is InChI=1S/C5H13NO2S2/c1-10(7,8)5-3-6-2-4-9/h6,9H,2-5H2,1H3. The van der Waals surface area contributed by atoms with E-state index in [1.54, 1.807) is 0 Å². The zero-order valence-electron chi connectivity index (χ0n) is 6.00. The van der Waals surface area contributed by atoms with Crippen molar-refractivity contribution in [3.05, 3.63) is 0 Å². The largest absolute Gasteiger partial charge is 0.315 e. The van der Waals surface area contributed by atoms with Gasteiger partial charge in [0.2, 0.25) is 0 Å². The summed E-state index contributed by atoms with van der Waals surface area (Å²) in [4.78, 5) is 0. The van der Waals surface area contributed by atoms with Crippen LogP contribution in [0.1, 0.15) is 0 Å². The summed E-state index contributed by atoms with van der Waals surface area (Å²) < 4.78 is 21.1. The van der Waals surface area contributed by atoms with E-state index in [4.69, 9.17) is 0 Å². The van der Waals surface area contributed by atoms with E-state index in [0.717, 1.165) is 12.3 Å². The number of hydrogen-bond acceptors (Lipinski definition) is 4. The third-order valence-electron chi connectivity index (χ3n) is 0.938. The fraction of sp³-hybridized carbons (Fsp3) is 1.00. The van der Waals surface area contributed by atoms with E-state index in [0.29, 0.717) is 6.54 Å². The number of rotatable bonds is 5. The van der Waals surface area contributed by atoms with Gasteiger partial charge in [0.15, 0.2) is 0 Å². The average Bonchev–Trinajstić information content (AvgIpc) is 1.78. The normalized spacial score (nSPS) is 11.8. The highest BCUT2D eigenvalue weighted by Gasteiger charge is 1.98. The highest BCUT2D eigenvalue weighted by molar-refractivity contribution is 7.90. The van der Waals surface area contributed by atoms with Crippen LogP contribution in [0, 0.1) is 0 Å². The van der Waals surface area contributed by atoms with Gasteiger partial charge in [-0.25, -0.2) is 8.42 Å². The Labute approximate surface area is 67.5 Å². The molecule has 0 aliphatic rings. The highest BCUT2D eigenvalue weighted by Crippen LogP contribution is 1.79. The Morgan fingerprint density at radius 3 is 2.40 bits per heavy atom. The molecule has 62 valence electrons. The predicted octanol–water partition coefficient (Wildman–Crippen LogP) is -0.450. The van der Waals surface area contributed by atoms with Gasteiger partial charge in [-0.15, -0.1) is 0 Å². The van der Waals surface area contributed by atoms with E-state index < -0.39 is 9.84 Å². The minimum absolute atomic E-state index is 0.209. The van der Waals surface area contributed by atoms with Gasteiger partial charge in [0.05, 0.1) is 5.75 Å². The topological polar surface area (TPSA) is 46.2 Å². The zero-order valence-corrected chi connectivity index (χ0v) is 7.71. The fourth-order valence-corrected chi connectivity index (χ4v) is 1.13. The van der Waals surface area contributed by atoms with Crippen molar-refractivity contribution < 1.29 is 8.42 Å². The van der Waals surface area contributed by atoms with Gasteiger partial charge < -0.3 is 5.32 Å². The van der Waals surface area contributed by atoms with Crippen molar-refractivity contribution in [3.8, 4) is 0 Å². The molecule has 0 unspecified atom stereocenters. The van der Waals surface area contributed by atoms with Gasteiger partial charge in [-0.2, -0.15) is 12.6 Å². The number of hydrogen-bond donors (Lipinski definition) is 2. The van der Waals surface area contributed by atoms with Gasteiger partial charge >= 0.3 is 0 Å². The van der Waals surface area contributed by atoms with Gasteiger partial charge in [-0.05, 0) is 0 Å². The maximum absolute atomic E-state index is 10.5. The van der Waals surface area contributed by atoms with Crippen LogP contribution in [-0.4, -0.2) is 39.3 Å². The Bertz CT molecular complexity index is 164. The van der Waals surface area contributed by atoms with Crippen molar-refractivity contribution in [1.82, 2.24) is 5.32 Å². The second-order valence-corrected chi connectivity index (χ2v) is 4.81. The molecular weight excluding hydrogens is 170 g/mol. The summed E-state index contributed by atoms with van der Waals surface area (Å²) >= 11 is 3.95. The summed E-state index contributed by atoms with van der Waals surface area (Å²) in [5.74, 6) is 0.949. The number of nitrogens with one attached hydrogen (secondary N) is 1. The van der Waals surface area contributed by atoms with Crippen LogP contribution in [0.5, 0.6) is 0 Å². The monoisotopic (exact) mass is 183 g/mol. The lowest BCUT2D eigenvalue weighted by Crippen LogP contribution is -2.23. The molecule has 0 fully saturated rings. The molecule has 0 aliphatic heterocycles. The van der Waals surface area contributed by atoms with Crippen molar-refractivity contribution in [2.75, 3.05) is 30.9 Å². The zero-order chi connectivity index (χ0) is 8.04. The van der Waals surface area contributed by atoms with Crippen molar-refractivity contribution >= 4 is 22.5 Å². The highest BCUT2D eigenvalue weighted by atomic mass is 32.2. The minimum atomic E-state index is -2.79. The molecule has 0 saturated heterocycles. The average molecular weight is 183 g/mol. The summed E-state index contributed by atoms with van der Waals surface area (Å²) in [6.07, 6.45) is 1.23. The SMILES string of the molecule is CS(=O)(=O)CCNCCS. The summed E-state index contributed by atoms with van der Waals surface area (Å²) in [5, 5.41) is 2.94. The Hall–Kier alpha value is 0.260. The van der Waals surface area contributed by atoms with Gasteiger partial charge in [0, 0.05) is 25.1 Å². The molecule has 1 N–H and O–H groups in total. The quantitative estimate of drug-likeness (QED) is 0.448. The Morgan fingerprint density at radius 1 is 1.40 bits per heavy atom. The van der Waals surface area contributed by atoms with Gasteiger partial charge in [-0.1, -0.05) is 0 Å². The fourth-order valence-electron chi connectivity index (χ4n) is 0.462. The summed E-state index contributed by atoms with van der Waals surface area (Å²) in [7, 11) is -2.79. The van der Waals surface area contributed by atoms with Crippen molar-refractivity contribution in [3.63, 3.8) is 0 Å². The lowest BCUT2D eigenvalue weighted by atomic mass is 10.7. The molecule has 10 heavy (non-hydrogen) atoms. The maximum Gasteiger partial charge on any atom is 0.148 e. The van der Waals surface area contributed by atoms with Crippen molar-refractivity contribution in [2.45, 2.75) is 0 Å². The van der Waals surface area contributed by atoms with E-state index in [1.165, 1.54) is 6.26 Å². The summed E-state index contributed by atoms with van der Waals surface area (Å²) in [5.41, 5.74) is 0. The molecule has 0 aliphatic carbocycles. The van der Waals surface area contributed by atoms with Gasteiger partial charge in [0.25, 0.3) is 0 Å². The smallest absolute Gasteiger partial charge is 0.148 e. The molecular formula is C5H13NO2S2. The van der Waals surface area contributed by atoms with Crippen LogP contribution in [0.25, 0.3) is 0 Å². The van der Waals surface area contributed by atoms with Crippen LogP contribution in [0.2, 0.25) is 0 Å². The summed E-state index contributed by atoms with van der Waals surface area (Å²) in [6, 6.07) is 0. The van der Waals surface area contributed by atoms with Crippen LogP contribution in [0.4, 0.5) is 0 Å². The van der Waals surface area contributed by atoms with Crippen molar-refractivity contribution in [1.29, 1.82) is 0 Å². The third kappa shape index (κ3) is 8.26. The molecule has 0 saturated carbocycles. The Kier molecular flexibility index (Phi) is 5.11. The first-order valence-corrected chi connectivity index (χ1v) is 5.75. The number of sulfone groups is 1. The van der Waals surface area contributed by atoms with Crippen LogP contribution in [-0.2, 0) is 9.84 Å². The Morgan fingerprint density at radius 2 is 2.00 bits per heavy atom. The first kappa shape index (κ1) is 10.3. The second-order valence-electron chi connectivity index (χ2n) is 2.10. The molecule has 0 rings (SSSR count). The minimum Gasteiger partial charge on any atom is -0.315 e. The Balaban J connectivity index is 3.21. The summed E-state index contributed by atoms with van der Waals surface area (Å²) in [6.45, 7) is 1.29. The van der Waals surface area contributed by atoms with Crippen LogP contribution in [0.15, 0.2) is 0 Å². The maximum atomic E-state index is 10.5. The van der Waals surface area contributed by atoms with Gasteiger partial charge in [-0.3, -0.25) is 0 Å². The van der Waals surface area contributed by atoms with Crippen LogP contribution in [0.3, 0.4) is 0 Å². The van der Waals surface area contributed by atoms with Crippen LogP contribution >= 0.6 is 12.6 Å². The molecule has 5 heteroatoms. The second kappa shape index (κ2) is 4.98. The third-order valence-corrected chi connectivity index (χ3v) is 2.11. The van der Waals surface area contributed by atoms with E-state index in [-0.39, 0.29) is 5.75 Å². The lowest BCUT2D eigenvalue weighted by molar-refractivity contribution is 0.598. The first-order chi connectivity index (χ1) is 4.56. The van der Waals surface area contributed by atoms with Crippen LogP contribution < -0.4 is 5.32 Å². The van der Waals surface area contributed by atoms with E-state index in [1.807, 2.05) is 0 Å². The van der Waals surface area contributed by atoms with Gasteiger partial charge in [0.1, 0.15) is 9.84 Å². The molecule has 0 aromatic rings.